The summed E-state index contributed by atoms with van der Waals surface area (Å²) >= 11 is 5.51. The Balaban J connectivity index is 2.22. The molecule has 0 unspecified atom stereocenters. The number of carbonyl (C=O) groups is 1. The molecular weight excluding hydrogens is 255 g/mol. The highest BCUT2D eigenvalue weighted by atomic mass is 35.5. The Hall–Kier alpha value is -2.07. The molecule has 0 atom stereocenters. The van der Waals surface area contributed by atoms with Crippen LogP contribution in [0.4, 0.5) is 20.6 Å². The normalized spacial score (nSPS) is 9.89. The van der Waals surface area contributed by atoms with E-state index in [1.165, 1.54) is 29.3 Å². The lowest BCUT2D eigenvalue weighted by Gasteiger charge is -2.21. The van der Waals surface area contributed by atoms with Crippen LogP contribution < -0.4 is 10.4 Å². The monoisotopic (exact) mass is 264 g/mol. The third-order valence-electron chi connectivity index (χ3n) is 2.28. The molecule has 18 heavy (non-hydrogen) atoms. The fraction of sp³-hybridized carbons (Fsp3) is 0. The van der Waals surface area contributed by atoms with Crippen molar-refractivity contribution in [2.45, 2.75) is 0 Å². The van der Waals surface area contributed by atoms with Crippen LogP contribution in [-0.4, -0.2) is 5.37 Å². The van der Waals surface area contributed by atoms with Crippen LogP contribution in [0.2, 0.25) is 0 Å². The molecule has 0 radical (unpaired) electrons. The molecule has 0 fully saturated rings. The number of hydrazine groups is 1. The predicted octanol–water partition coefficient (Wildman–Crippen LogP) is 4.02. The minimum absolute atomic E-state index is 0.344. The lowest BCUT2D eigenvalue weighted by atomic mass is 10.3. The molecular formula is C13H10ClFN2O. The highest BCUT2D eigenvalue weighted by Crippen LogP contribution is 2.18. The molecule has 5 heteroatoms. The minimum Gasteiger partial charge on any atom is -0.290 e. The summed E-state index contributed by atoms with van der Waals surface area (Å²) in [4.78, 5) is 11.4. The first-order chi connectivity index (χ1) is 8.66. The minimum atomic E-state index is -0.675. The van der Waals surface area contributed by atoms with Gasteiger partial charge in [-0.3, -0.25) is 10.2 Å². The molecule has 0 bridgehead atoms. The first kappa shape index (κ1) is 12.4. The van der Waals surface area contributed by atoms with Gasteiger partial charge < -0.3 is 0 Å². The standard InChI is InChI=1S/C13H10ClFN2O/c14-13(18)17(12-4-2-1-3-5-12)16-11-8-6-10(15)7-9-11/h1-9,16H. The van der Waals surface area contributed by atoms with Gasteiger partial charge in [-0.05, 0) is 48.0 Å². The summed E-state index contributed by atoms with van der Waals surface area (Å²) in [6.07, 6.45) is 0. The summed E-state index contributed by atoms with van der Waals surface area (Å²) in [5.74, 6) is -0.344. The third kappa shape index (κ3) is 2.99. The Kier molecular flexibility index (Phi) is 3.79. The molecule has 0 aromatic heterocycles. The van der Waals surface area contributed by atoms with E-state index in [-0.39, 0.29) is 5.82 Å². The molecule has 0 aliphatic heterocycles. The van der Waals surface area contributed by atoms with E-state index in [0.29, 0.717) is 11.4 Å². The maximum absolute atomic E-state index is 12.8. The van der Waals surface area contributed by atoms with Crippen molar-refractivity contribution >= 4 is 28.3 Å². The van der Waals surface area contributed by atoms with Crippen LogP contribution in [0.1, 0.15) is 0 Å². The zero-order valence-electron chi connectivity index (χ0n) is 9.31. The van der Waals surface area contributed by atoms with Crippen molar-refractivity contribution in [2.75, 3.05) is 10.4 Å². The quantitative estimate of drug-likeness (QED) is 0.516. The Morgan fingerprint density at radius 3 is 2.22 bits per heavy atom. The van der Waals surface area contributed by atoms with Crippen molar-refractivity contribution in [1.82, 2.24) is 0 Å². The maximum Gasteiger partial charge on any atom is 0.339 e. The molecule has 1 amide bonds. The van der Waals surface area contributed by atoms with E-state index in [9.17, 15) is 9.18 Å². The Bertz CT molecular complexity index is 530. The molecule has 2 rings (SSSR count). The van der Waals surface area contributed by atoms with E-state index in [1.54, 1.807) is 24.3 Å². The number of benzene rings is 2. The topological polar surface area (TPSA) is 32.3 Å². The average molecular weight is 265 g/mol. The first-order valence-electron chi connectivity index (χ1n) is 5.23. The second-order valence-electron chi connectivity index (χ2n) is 3.54. The number of hydrogen-bond donors (Lipinski definition) is 1. The molecule has 0 heterocycles. The Labute approximate surface area is 109 Å². The van der Waals surface area contributed by atoms with Crippen LogP contribution in [-0.2, 0) is 0 Å². The maximum atomic E-state index is 12.8. The van der Waals surface area contributed by atoms with Crippen LogP contribution in [0.15, 0.2) is 54.6 Å². The molecule has 0 saturated heterocycles. The lowest BCUT2D eigenvalue weighted by molar-refractivity contribution is 0.265. The predicted molar refractivity (Wildman–Crippen MR) is 70.2 cm³/mol. The summed E-state index contributed by atoms with van der Waals surface area (Å²) in [6.45, 7) is 0. The summed E-state index contributed by atoms with van der Waals surface area (Å²) in [7, 11) is 0. The molecule has 0 aliphatic rings. The zero-order chi connectivity index (χ0) is 13.0. The van der Waals surface area contributed by atoms with Crippen molar-refractivity contribution in [3.05, 3.63) is 60.4 Å². The van der Waals surface area contributed by atoms with Gasteiger partial charge >= 0.3 is 5.37 Å². The van der Waals surface area contributed by atoms with Crippen LogP contribution >= 0.6 is 11.6 Å². The van der Waals surface area contributed by atoms with Gasteiger partial charge in [0.1, 0.15) is 5.82 Å². The molecule has 0 aliphatic carbocycles. The first-order valence-corrected chi connectivity index (χ1v) is 5.61. The van der Waals surface area contributed by atoms with E-state index in [4.69, 9.17) is 11.6 Å². The summed E-state index contributed by atoms with van der Waals surface area (Å²) in [6, 6.07) is 14.5. The van der Waals surface area contributed by atoms with Crippen LogP contribution in [0.3, 0.4) is 0 Å². The van der Waals surface area contributed by atoms with Crippen molar-refractivity contribution in [3.63, 3.8) is 0 Å². The van der Waals surface area contributed by atoms with E-state index < -0.39 is 5.37 Å². The number of rotatable bonds is 3. The fourth-order valence-corrected chi connectivity index (χ4v) is 1.58. The second kappa shape index (κ2) is 5.51. The molecule has 2 aromatic rings. The van der Waals surface area contributed by atoms with Gasteiger partial charge in [0.05, 0.1) is 11.4 Å². The number of carbonyl (C=O) groups excluding carboxylic acids is 1. The highest BCUT2D eigenvalue weighted by molar-refractivity contribution is 6.66. The van der Waals surface area contributed by atoms with Crippen molar-refractivity contribution in [2.24, 2.45) is 0 Å². The number of amides is 1. The highest BCUT2D eigenvalue weighted by Gasteiger charge is 2.12. The van der Waals surface area contributed by atoms with Gasteiger partial charge in [-0.25, -0.2) is 9.40 Å². The van der Waals surface area contributed by atoms with Crippen molar-refractivity contribution < 1.29 is 9.18 Å². The number of halogens is 2. The van der Waals surface area contributed by atoms with Crippen LogP contribution in [0, 0.1) is 5.82 Å². The number of anilines is 2. The molecule has 92 valence electrons. The van der Waals surface area contributed by atoms with Gasteiger partial charge in [-0.15, -0.1) is 0 Å². The van der Waals surface area contributed by atoms with Crippen LogP contribution in [0.5, 0.6) is 0 Å². The number of hydrogen-bond acceptors (Lipinski definition) is 2. The van der Waals surface area contributed by atoms with Gasteiger partial charge in [-0.2, -0.15) is 0 Å². The molecule has 2 aromatic carbocycles. The lowest BCUT2D eigenvalue weighted by Crippen LogP contribution is -2.32. The number of nitrogens with zero attached hydrogens (tertiary/aromatic N) is 1. The SMILES string of the molecule is O=C(Cl)N(Nc1ccc(F)cc1)c1ccccc1. The smallest absolute Gasteiger partial charge is 0.290 e. The van der Waals surface area contributed by atoms with Gasteiger partial charge in [-0.1, -0.05) is 18.2 Å². The van der Waals surface area contributed by atoms with Gasteiger partial charge in [0, 0.05) is 0 Å². The van der Waals surface area contributed by atoms with E-state index in [1.807, 2.05) is 6.07 Å². The second-order valence-corrected chi connectivity index (χ2v) is 3.87. The summed E-state index contributed by atoms with van der Waals surface area (Å²) < 4.78 is 12.8. The summed E-state index contributed by atoms with van der Waals surface area (Å²) in [5, 5.41) is 0.500. The summed E-state index contributed by atoms with van der Waals surface area (Å²) in [5.41, 5.74) is 3.97. The van der Waals surface area contributed by atoms with Gasteiger partial charge in [0.25, 0.3) is 0 Å². The van der Waals surface area contributed by atoms with E-state index in [0.717, 1.165) is 0 Å². The van der Waals surface area contributed by atoms with Crippen molar-refractivity contribution in [1.29, 1.82) is 0 Å². The van der Waals surface area contributed by atoms with E-state index in [2.05, 4.69) is 5.43 Å². The Morgan fingerprint density at radius 2 is 1.67 bits per heavy atom. The average Bonchev–Trinajstić information content (AvgIpc) is 2.38. The molecule has 3 nitrogen and oxygen atoms in total. The zero-order valence-corrected chi connectivity index (χ0v) is 10.1. The fourth-order valence-electron chi connectivity index (χ4n) is 1.44. The van der Waals surface area contributed by atoms with Gasteiger partial charge in [0.2, 0.25) is 0 Å². The third-order valence-corrected chi connectivity index (χ3v) is 2.44. The van der Waals surface area contributed by atoms with Crippen molar-refractivity contribution in [3.8, 4) is 0 Å². The Morgan fingerprint density at radius 1 is 1.06 bits per heavy atom. The molecule has 0 spiro atoms. The van der Waals surface area contributed by atoms with Crippen LogP contribution in [0.25, 0.3) is 0 Å². The molecule has 1 N–H and O–H groups in total. The molecule has 0 saturated carbocycles. The van der Waals surface area contributed by atoms with Gasteiger partial charge in [0.15, 0.2) is 0 Å². The number of para-hydroxylation sites is 1. The largest absolute Gasteiger partial charge is 0.339 e. The van der Waals surface area contributed by atoms with E-state index >= 15 is 0 Å². The number of nitrogens with one attached hydrogen (secondary N) is 1.